The van der Waals surface area contributed by atoms with Crippen LogP contribution in [0.2, 0.25) is 0 Å². The Bertz CT molecular complexity index is 315. The monoisotopic (exact) mass is 300 g/mol. The number of hydrogen-bond donors (Lipinski definition) is 2. The summed E-state index contributed by atoms with van der Waals surface area (Å²) in [6, 6.07) is 10.2. The fraction of sp³-hybridized carbons (Fsp3) is 0.571. The van der Waals surface area contributed by atoms with Crippen LogP contribution in [0, 0.1) is 0 Å². The van der Waals surface area contributed by atoms with Gasteiger partial charge in [-0.2, -0.15) is 0 Å². The van der Waals surface area contributed by atoms with Crippen LogP contribution in [0.15, 0.2) is 35.2 Å². The summed E-state index contributed by atoms with van der Waals surface area (Å²) in [6.07, 6.45) is 0. The van der Waals surface area contributed by atoms with Gasteiger partial charge in [-0.1, -0.05) is 18.2 Å². The number of nitrogens with two attached hydrogens (primary N) is 1. The van der Waals surface area contributed by atoms with Crippen molar-refractivity contribution in [3.05, 3.63) is 30.3 Å². The summed E-state index contributed by atoms with van der Waals surface area (Å²) in [4.78, 5) is 1.20. The van der Waals surface area contributed by atoms with Crippen molar-refractivity contribution < 1.29 is 14.2 Å². The largest absolute Gasteiger partial charge is 0.378 e. The van der Waals surface area contributed by atoms with Gasteiger partial charge in [0.25, 0.3) is 0 Å². The van der Waals surface area contributed by atoms with Gasteiger partial charge >= 0.3 is 0 Å². The smallest absolute Gasteiger partial charge is 0.0701 e. The Balaban J connectivity index is 1.77. The fourth-order valence-electron chi connectivity index (χ4n) is 1.36. The SMILES string of the molecule is NCCOCCOCCOCCNSc1ccccc1. The number of ether oxygens (including phenoxy) is 3. The van der Waals surface area contributed by atoms with Gasteiger partial charge in [0, 0.05) is 18.0 Å². The zero-order valence-electron chi connectivity index (χ0n) is 11.8. The maximum absolute atomic E-state index is 5.44. The molecule has 6 heteroatoms. The van der Waals surface area contributed by atoms with E-state index < -0.39 is 0 Å². The first-order valence-corrected chi connectivity index (χ1v) is 7.63. The van der Waals surface area contributed by atoms with E-state index in [1.165, 1.54) is 4.90 Å². The van der Waals surface area contributed by atoms with Gasteiger partial charge in [-0.25, -0.2) is 0 Å². The van der Waals surface area contributed by atoms with Gasteiger partial charge in [-0.15, -0.1) is 0 Å². The zero-order chi connectivity index (χ0) is 14.3. The van der Waals surface area contributed by atoms with Crippen LogP contribution in [0.3, 0.4) is 0 Å². The first kappa shape index (κ1) is 17.4. The number of benzene rings is 1. The summed E-state index contributed by atoms with van der Waals surface area (Å²) in [5.74, 6) is 0. The van der Waals surface area contributed by atoms with E-state index >= 15 is 0 Å². The summed E-state index contributed by atoms with van der Waals surface area (Å²) in [5.41, 5.74) is 5.29. The molecule has 0 radical (unpaired) electrons. The molecule has 114 valence electrons. The molecule has 0 fully saturated rings. The second-order valence-electron chi connectivity index (χ2n) is 3.94. The molecule has 3 N–H and O–H groups in total. The highest BCUT2D eigenvalue weighted by Gasteiger charge is 1.93. The first-order valence-electron chi connectivity index (χ1n) is 6.81. The molecule has 5 nitrogen and oxygen atoms in total. The van der Waals surface area contributed by atoms with Gasteiger partial charge in [-0.3, -0.25) is 4.72 Å². The van der Waals surface area contributed by atoms with Crippen LogP contribution in [0.25, 0.3) is 0 Å². The van der Waals surface area contributed by atoms with Crippen molar-refractivity contribution in [2.75, 3.05) is 52.7 Å². The summed E-state index contributed by atoms with van der Waals surface area (Å²) in [7, 11) is 0. The minimum atomic E-state index is 0.553. The van der Waals surface area contributed by atoms with Gasteiger partial charge in [0.05, 0.1) is 39.6 Å². The highest BCUT2D eigenvalue weighted by atomic mass is 32.2. The minimum Gasteiger partial charge on any atom is -0.378 e. The van der Waals surface area contributed by atoms with E-state index in [0.717, 1.165) is 6.54 Å². The molecule has 0 aliphatic carbocycles. The summed E-state index contributed by atoms with van der Waals surface area (Å²) >= 11 is 1.61. The van der Waals surface area contributed by atoms with Crippen LogP contribution in [0.1, 0.15) is 0 Å². The standard InChI is InChI=1S/C14H24N2O3S/c15-6-8-17-10-12-19-13-11-18-9-7-16-20-14-4-2-1-3-5-14/h1-5,16H,6-13,15H2. The molecule has 0 amide bonds. The first-order chi connectivity index (χ1) is 9.93. The lowest BCUT2D eigenvalue weighted by atomic mass is 10.4. The van der Waals surface area contributed by atoms with E-state index in [2.05, 4.69) is 16.9 Å². The van der Waals surface area contributed by atoms with Gasteiger partial charge < -0.3 is 19.9 Å². The van der Waals surface area contributed by atoms with Crippen LogP contribution in [0.4, 0.5) is 0 Å². The van der Waals surface area contributed by atoms with Crippen LogP contribution >= 0.6 is 11.9 Å². The topological polar surface area (TPSA) is 65.7 Å². The van der Waals surface area contributed by atoms with Crippen molar-refractivity contribution in [2.24, 2.45) is 5.73 Å². The van der Waals surface area contributed by atoms with Crippen molar-refractivity contribution in [1.82, 2.24) is 4.72 Å². The molecule has 1 aromatic carbocycles. The molecule has 0 atom stereocenters. The molecule has 1 rings (SSSR count). The molecule has 0 aromatic heterocycles. The summed E-state index contributed by atoms with van der Waals surface area (Å²) < 4.78 is 19.2. The molecule has 0 spiro atoms. The Labute approximate surface area is 125 Å². The highest BCUT2D eigenvalue weighted by Crippen LogP contribution is 2.12. The average Bonchev–Trinajstić information content (AvgIpc) is 2.49. The quantitative estimate of drug-likeness (QED) is 0.423. The van der Waals surface area contributed by atoms with Gasteiger partial charge in [0.1, 0.15) is 0 Å². The van der Waals surface area contributed by atoms with Gasteiger partial charge in [0.15, 0.2) is 0 Å². The van der Waals surface area contributed by atoms with E-state index in [4.69, 9.17) is 19.9 Å². The van der Waals surface area contributed by atoms with Crippen LogP contribution in [-0.2, 0) is 14.2 Å². The molecule has 0 bridgehead atoms. The predicted octanol–water partition coefficient (Wildman–Crippen LogP) is 1.29. The Morgan fingerprint density at radius 3 is 2.10 bits per heavy atom. The van der Waals surface area contributed by atoms with E-state index in [-0.39, 0.29) is 0 Å². The third-order valence-electron chi connectivity index (χ3n) is 2.29. The third-order valence-corrected chi connectivity index (χ3v) is 3.14. The molecule has 0 aliphatic heterocycles. The normalized spacial score (nSPS) is 10.8. The molecular formula is C14H24N2O3S. The van der Waals surface area contributed by atoms with E-state index in [0.29, 0.717) is 46.2 Å². The maximum atomic E-state index is 5.44. The zero-order valence-corrected chi connectivity index (χ0v) is 12.6. The molecule has 0 saturated carbocycles. The second-order valence-corrected chi connectivity index (χ2v) is 4.90. The number of nitrogens with one attached hydrogen (secondary N) is 1. The molecular weight excluding hydrogens is 276 g/mol. The Morgan fingerprint density at radius 1 is 0.850 bits per heavy atom. The fourth-order valence-corrected chi connectivity index (χ4v) is 2.01. The lowest BCUT2D eigenvalue weighted by Gasteiger charge is -2.07. The minimum absolute atomic E-state index is 0.553. The van der Waals surface area contributed by atoms with E-state index in [1.807, 2.05) is 18.2 Å². The van der Waals surface area contributed by atoms with Crippen LogP contribution < -0.4 is 10.5 Å². The van der Waals surface area contributed by atoms with Crippen LogP contribution in [-0.4, -0.2) is 52.7 Å². The Kier molecular flexibility index (Phi) is 11.6. The Morgan fingerprint density at radius 2 is 1.45 bits per heavy atom. The molecule has 20 heavy (non-hydrogen) atoms. The molecule has 0 saturated heterocycles. The van der Waals surface area contributed by atoms with Gasteiger partial charge in [0.2, 0.25) is 0 Å². The Hall–Kier alpha value is -0.630. The lowest BCUT2D eigenvalue weighted by molar-refractivity contribution is 0.0172. The number of hydrogen-bond acceptors (Lipinski definition) is 6. The van der Waals surface area contributed by atoms with E-state index in [9.17, 15) is 0 Å². The summed E-state index contributed by atoms with van der Waals surface area (Å²) in [6.45, 7) is 5.00. The molecule has 1 aromatic rings. The van der Waals surface area contributed by atoms with Crippen molar-refractivity contribution in [3.8, 4) is 0 Å². The van der Waals surface area contributed by atoms with E-state index in [1.54, 1.807) is 11.9 Å². The average molecular weight is 300 g/mol. The lowest BCUT2D eigenvalue weighted by Crippen LogP contribution is -2.16. The maximum Gasteiger partial charge on any atom is 0.0701 e. The van der Waals surface area contributed by atoms with Crippen molar-refractivity contribution in [3.63, 3.8) is 0 Å². The summed E-state index contributed by atoms with van der Waals surface area (Å²) in [5, 5.41) is 0. The van der Waals surface area contributed by atoms with Crippen LogP contribution in [0.5, 0.6) is 0 Å². The third kappa shape index (κ3) is 10.2. The molecule has 0 aliphatic rings. The number of rotatable bonds is 13. The second kappa shape index (κ2) is 13.4. The molecule has 0 unspecified atom stereocenters. The van der Waals surface area contributed by atoms with Crippen molar-refractivity contribution >= 4 is 11.9 Å². The predicted molar refractivity (Wildman–Crippen MR) is 81.8 cm³/mol. The van der Waals surface area contributed by atoms with Gasteiger partial charge in [-0.05, 0) is 24.1 Å². The highest BCUT2D eigenvalue weighted by molar-refractivity contribution is 7.97. The van der Waals surface area contributed by atoms with Crippen molar-refractivity contribution in [2.45, 2.75) is 4.90 Å². The molecule has 0 heterocycles. The van der Waals surface area contributed by atoms with Crippen molar-refractivity contribution in [1.29, 1.82) is 0 Å².